The molecule has 6 nitrogen and oxygen atoms in total. The third kappa shape index (κ3) is 58.8. The molecule has 73 heavy (non-hydrogen) atoms. The van der Waals surface area contributed by atoms with E-state index in [1.165, 1.54) is 103 Å². The lowest BCUT2D eigenvalue weighted by atomic mass is 10.0. The number of carbonyl (C=O) groups excluding carboxylic acids is 3. The SMILES string of the molecule is CC/C=C\C/C=C\C/C=C\C/C=C\C/C=C\C/C=C\CCCCC(=O)OCC(COC(=O)CCCCCCC/C=C\C/C=C\C/C=C\CC)OC(=O)CCCCCCCCCCCCCCCCCCCCC. The van der Waals surface area contributed by atoms with Gasteiger partial charge in [0.1, 0.15) is 13.2 Å². The Bertz CT molecular complexity index is 1490. The summed E-state index contributed by atoms with van der Waals surface area (Å²) in [6.07, 6.45) is 82.3. The predicted octanol–water partition coefficient (Wildman–Crippen LogP) is 20.7. The molecule has 0 saturated carbocycles. The zero-order valence-corrected chi connectivity index (χ0v) is 47.6. The first-order valence-electron chi connectivity index (χ1n) is 30.4. The van der Waals surface area contributed by atoms with E-state index in [-0.39, 0.29) is 31.1 Å². The Balaban J connectivity index is 4.47. The van der Waals surface area contributed by atoms with E-state index in [4.69, 9.17) is 14.2 Å². The highest BCUT2D eigenvalue weighted by molar-refractivity contribution is 5.71. The van der Waals surface area contributed by atoms with Crippen LogP contribution in [-0.2, 0) is 28.6 Å². The molecule has 1 atom stereocenters. The Morgan fingerprint density at radius 1 is 0.288 bits per heavy atom. The summed E-state index contributed by atoms with van der Waals surface area (Å²) in [7, 11) is 0. The van der Waals surface area contributed by atoms with Crippen molar-refractivity contribution in [3.05, 3.63) is 109 Å². The Kier molecular flexibility index (Phi) is 57.4. The molecule has 0 aliphatic carbocycles. The van der Waals surface area contributed by atoms with Gasteiger partial charge in [-0.3, -0.25) is 14.4 Å². The minimum absolute atomic E-state index is 0.101. The lowest BCUT2D eigenvalue weighted by Gasteiger charge is -2.18. The zero-order chi connectivity index (χ0) is 52.9. The fourth-order valence-electron chi connectivity index (χ4n) is 8.28. The molecule has 0 aliphatic heterocycles. The maximum absolute atomic E-state index is 12.9. The van der Waals surface area contributed by atoms with Crippen LogP contribution < -0.4 is 0 Å². The van der Waals surface area contributed by atoms with Crippen molar-refractivity contribution in [1.29, 1.82) is 0 Å². The average Bonchev–Trinajstić information content (AvgIpc) is 3.39. The number of ether oxygens (including phenoxy) is 3. The number of rotatable bonds is 54. The summed E-state index contributed by atoms with van der Waals surface area (Å²) in [5, 5.41) is 0. The van der Waals surface area contributed by atoms with Crippen LogP contribution in [0.2, 0.25) is 0 Å². The lowest BCUT2D eigenvalue weighted by molar-refractivity contribution is -0.167. The summed E-state index contributed by atoms with van der Waals surface area (Å²) < 4.78 is 16.9. The molecule has 6 heteroatoms. The molecule has 0 aromatic carbocycles. The Labute approximate surface area is 450 Å². The monoisotopic (exact) mass is 1010 g/mol. The number of allylic oxidation sites excluding steroid dienone is 18. The lowest BCUT2D eigenvalue weighted by Crippen LogP contribution is -2.30. The van der Waals surface area contributed by atoms with Gasteiger partial charge in [-0.15, -0.1) is 0 Å². The predicted molar refractivity (Wildman–Crippen MR) is 316 cm³/mol. The Morgan fingerprint density at radius 3 is 0.863 bits per heavy atom. The van der Waals surface area contributed by atoms with Crippen molar-refractivity contribution in [2.75, 3.05) is 13.2 Å². The second-order valence-corrected chi connectivity index (χ2v) is 19.9. The normalized spacial score (nSPS) is 12.9. The molecule has 0 rings (SSSR count). The molecule has 0 aromatic rings. The fraction of sp³-hybridized carbons (Fsp3) is 0.687. The number of esters is 3. The summed E-state index contributed by atoms with van der Waals surface area (Å²) in [5.41, 5.74) is 0. The van der Waals surface area contributed by atoms with Crippen molar-refractivity contribution in [2.45, 2.75) is 284 Å². The van der Waals surface area contributed by atoms with Gasteiger partial charge in [0.25, 0.3) is 0 Å². The minimum Gasteiger partial charge on any atom is -0.462 e. The second kappa shape index (κ2) is 60.6. The van der Waals surface area contributed by atoms with Gasteiger partial charge in [-0.2, -0.15) is 0 Å². The largest absolute Gasteiger partial charge is 0.462 e. The summed E-state index contributed by atoms with van der Waals surface area (Å²) >= 11 is 0. The van der Waals surface area contributed by atoms with Crippen LogP contribution in [0.5, 0.6) is 0 Å². The first-order chi connectivity index (χ1) is 36.0. The van der Waals surface area contributed by atoms with E-state index in [1.54, 1.807) is 0 Å². The Hall–Kier alpha value is -3.93. The van der Waals surface area contributed by atoms with Gasteiger partial charge in [0.2, 0.25) is 0 Å². The van der Waals surface area contributed by atoms with Crippen molar-refractivity contribution >= 4 is 17.9 Å². The van der Waals surface area contributed by atoms with Gasteiger partial charge in [-0.05, 0) is 103 Å². The van der Waals surface area contributed by atoms with Gasteiger partial charge < -0.3 is 14.2 Å². The van der Waals surface area contributed by atoms with Gasteiger partial charge >= 0.3 is 17.9 Å². The minimum atomic E-state index is -0.805. The van der Waals surface area contributed by atoms with Gasteiger partial charge in [0.15, 0.2) is 6.10 Å². The van der Waals surface area contributed by atoms with Gasteiger partial charge in [0, 0.05) is 19.3 Å². The first-order valence-corrected chi connectivity index (χ1v) is 30.4. The maximum atomic E-state index is 12.9. The molecular formula is C67H112O6. The third-order valence-corrected chi connectivity index (χ3v) is 12.8. The number of hydrogen-bond acceptors (Lipinski definition) is 6. The van der Waals surface area contributed by atoms with Crippen LogP contribution in [0.25, 0.3) is 0 Å². The molecule has 416 valence electrons. The highest BCUT2D eigenvalue weighted by atomic mass is 16.6. The van der Waals surface area contributed by atoms with E-state index in [0.717, 1.165) is 135 Å². The molecule has 0 spiro atoms. The van der Waals surface area contributed by atoms with E-state index in [1.807, 2.05) is 0 Å². The van der Waals surface area contributed by atoms with Crippen molar-refractivity contribution in [2.24, 2.45) is 0 Å². The summed E-state index contributed by atoms with van der Waals surface area (Å²) in [5.74, 6) is -0.954. The van der Waals surface area contributed by atoms with Crippen LogP contribution in [0.3, 0.4) is 0 Å². The molecule has 0 amide bonds. The summed E-state index contributed by atoms with van der Waals surface area (Å²) in [6, 6.07) is 0. The van der Waals surface area contributed by atoms with Gasteiger partial charge in [-0.1, -0.05) is 265 Å². The molecule has 0 N–H and O–H groups in total. The van der Waals surface area contributed by atoms with Crippen LogP contribution in [0.1, 0.15) is 278 Å². The van der Waals surface area contributed by atoms with Crippen LogP contribution in [0.4, 0.5) is 0 Å². The van der Waals surface area contributed by atoms with Crippen molar-refractivity contribution in [3.63, 3.8) is 0 Å². The van der Waals surface area contributed by atoms with E-state index < -0.39 is 6.10 Å². The number of hydrogen-bond donors (Lipinski definition) is 0. The summed E-state index contributed by atoms with van der Waals surface area (Å²) in [4.78, 5) is 38.2. The standard InChI is InChI=1S/C67H112O6/c1-4-7-10-13-16-19-22-25-28-30-32-33-35-36-39-42-45-48-51-54-57-60-66(69)72-63-64(62-71-65(68)59-56-53-50-47-44-41-38-27-24-21-18-15-12-9-6-3)73-67(70)61-58-55-52-49-46-43-40-37-34-31-29-26-23-20-17-14-11-8-5-2/h7,9-10,12,16,18-19,21,25,27-28,32-33,36,38-39,45,48,64H,4-6,8,11,13-15,17,20,22-24,26,29-31,34-35,37,40-44,46-47,49-63H2,1-3H3/b10-7-,12-9-,19-16-,21-18-,28-25-,33-32-,38-27-,39-36-,48-45-. The molecule has 0 bridgehead atoms. The van der Waals surface area contributed by atoms with Crippen molar-refractivity contribution in [1.82, 2.24) is 0 Å². The first kappa shape index (κ1) is 69.1. The van der Waals surface area contributed by atoms with Crippen LogP contribution in [0, 0.1) is 0 Å². The van der Waals surface area contributed by atoms with E-state index in [9.17, 15) is 14.4 Å². The maximum Gasteiger partial charge on any atom is 0.306 e. The second-order valence-electron chi connectivity index (χ2n) is 19.9. The van der Waals surface area contributed by atoms with Crippen LogP contribution in [0.15, 0.2) is 109 Å². The smallest absolute Gasteiger partial charge is 0.306 e. The summed E-state index contributed by atoms with van der Waals surface area (Å²) in [6.45, 7) is 6.38. The molecular weight excluding hydrogens is 901 g/mol. The third-order valence-electron chi connectivity index (χ3n) is 12.8. The average molecular weight is 1010 g/mol. The molecule has 0 saturated heterocycles. The molecule has 0 fully saturated rings. The fourth-order valence-corrected chi connectivity index (χ4v) is 8.28. The van der Waals surface area contributed by atoms with Crippen LogP contribution in [-0.4, -0.2) is 37.2 Å². The molecule has 0 radical (unpaired) electrons. The molecule has 1 unspecified atom stereocenters. The quantitative estimate of drug-likeness (QED) is 0.0261. The van der Waals surface area contributed by atoms with Crippen LogP contribution >= 0.6 is 0 Å². The van der Waals surface area contributed by atoms with Gasteiger partial charge in [-0.25, -0.2) is 0 Å². The highest BCUT2D eigenvalue weighted by Crippen LogP contribution is 2.16. The van der Waals surface area contributed by atoms with Gasteiger partial charge in [0.05, 0.1) is 0 Å². The van der Waals surface area contributed by atoms with E-state index in [0.29, 0.717) is 19.3 Å². The molecule has 0 heterocycles. The number of unbranched alkanes of at least 4 members (excludes halogenated alkanes) is 25. The molecule has 0 aliphatic rings. The topological polar surface area (TPSA) is 78.9 Å². The molecule has 0 aromatic heterocycles. The highest BCUT2D eigenvalue weighted by Gasteiger charge is 2.19. The van der Waals surface area contributed by atoms with Crippen molar-refractivity contribution < 1.29 is 28.6 Å². The van der Waals surface area contributed by atoms with Crippen molar-refractivity contribution in [3.8, 4) is 0 Å². The number of carbonyl (C=O) groups is 3. The zero-order valence-electron chi connectivity index (χ0n) is 47.6. The van der Waals surface area contributed by atoms with E-state index >= 15 is 0 Å². The van der Waals surface area contributed by atoms with E-state index in [2.05, 4.69) is 130 Å². The Morgan fingerprint density at radius 2 is 0.534 bits per heavy atom.